The lowest BCUT2D eigenvalue weighted by Crippen LogP contribution is -2.40. The van der Waals surface area contributed by atoms with Crippen molar-refractivity contribution in [3.63, 3.8) is 0 Å². The Balaban J connectivity index is 1.69. The number of aromatic nitrogens is 1. The highest BCUT2D eigenvalue weighted by molar-refractivity contribution is 7.92. The van der Waals surface area contributed by atoms with Gasteiger partial charge in [0.25, 0.3) is 0 Å². The van der Waals surface area contributed by atoms with Gasteiger partial charge in [0.05, 0.1) is 28.9 Å². The Kier molecular flexibility index (Phi) is 11.7. The van der Waals surface area contributed by atoms with Gasteiger partial charge < -0.3 is 40.6 Å². The summed E-state index contributed by atoms with van der Waals surface area (Å²) in [6.07, 6.45) is -1.21. The number of hydrogen-bond acceptors (Lipinski definition) is 11. The fourth-order valence-electron chi connectivity index (χ4n) is 6.44. The van der Waals surface area contributed by atoms with Crippen molar-refractivity contribution in [3.05, 3.63) is 78.0 Å². The number of likely N-dealkylation sites (tertiary alicyclic amines) is 1. The van der Waals surface area contributed by atoms with Gasteiger partial charge >= 0.3 is 6.16 Å². The van der Waals surface area contributed by atoms with Crippen molar-refractivity contribution in [1.29, 1.82) is 0 Å². The summed E-state index contributed by atoms with van der Waals surface area (Å²) in [5.41, 5.74) is 7.54. The lowest BCUT2D eigenvalue weighted by atomic mass is 9.99. The van der Waals surface area contributed by atoms with Crippen molar-refractivity contribution < 1.29 is 42.1 Å². The van der Waals surface area contributed by atoms with Crippen molar-refractivity contribution in [2.75, 3.05) is 29.5 Å². The summed E-state index contributed by atoms with van der Waals surface area (Å²) < 4.78 is 44.8. The van der Waals surface area contributed by atoms with Crippen LogP contribution in [0.4, 0.5) is 22.0 Å². The van der Waals surface area contributed by atoms with E-state index in [0.717, 1.165) is 10.8 Å². The number of nitrogens with two attached hydrogens (primary N) is 1. The maximum absolute atomic E-state index is 15.1. The molecule has 5 N–H and O–H groups in total. The number of carbonyl (C=O) groups excluding carboxylic acids is 2. The third-order valence-electron chi connectivity index (χ3n) is 8.77. The number of hydrogen-bond donors (Lipinski definition) is 4. The lowest BCUT2D eigenvalue weighted by Gasteiger charge is -2.33. The fraction of sp³-hybridized carbons (Fsp3) is 0.368. The Morgan fingerprint density at radius 1 is 1.00 bits per heavy atom. The number of amides is 2. The minimum Gasteiger partial charge on any atom is -0.490 e. The van der Waals surface area contributed by atoms with Crippen molar-refractivity contribution in [2.24, 2.45) is 0 Å². The number of rotatable bonds is 13. The highest BCUT2D eigenvalue weighted by atomic mass is 32.2. The summed E-state index contributed by atoms with van der Waals surface area (Å²) in [7, 11) is -3.98. The molecule has 0 bridgehead atoms. The highest BCUT2D eigenvalue weighted by Gasteiger charge is 2.45. The van der Waals surface area contributed by atoms with Crippen molar-refractivity contribution in [3.8, 4) is 11.5 Å². The molecular weight excluding hydrogens is 703 g/mol. The number of anilines is 3. The average molecular weight is 748 g/mol. The van der Waals surface area contributed by atoms with E-state index in [1.807, 2.05) is 26.8 Å². The van der Waals surface area contributed by atoms with E-state index in [-0.39, 0.29) is 35.2 Å². The molecule has 0 radical (unpaired) electrons. The summed E-state index contributed by atoms with van der Waals surface area (Å²) >= 11 is 0. The third-order valence-corrected chi connectivity index (χ3v) is 11.0. The van der Waals surface area contributed by atoms with Gasteiger partial charge in [0.1, 0.15) is 18.0 Å². The van der Waals surface area contributed by atoms with E-state index in [1.54, 1.807) is 42.6 Å². The Morgan fingerprint density at radius 3 is 2.40 bits per heavy atom. The van der Waals surface area contributed by atoms with Gasteiger partial charge in [-0.3, -0.25) is 9.59 Å². The van der Waals surface area contributed by atoms with Gasteiger partial charge in [-0.05, 0) is 106 Å². The number of benzene rings is 3. The van der Waals surface area contributed by atoms with Crippen LogP contribution in [0.2, 0.25) is 0 Å². The Labute approximate surface area is 308 Å². The second kappa shape index (κ2) is 16.0. The van der Waals surface area contributed by atoms with Crippen LogP contribution < -0.4 is 25.8 Å². The number of carbonyl (C=O) groups is 3. The predicted molar refractivity (Wildman–Crippen MR) is 201 cm³/mol. The molecule has 1 aliphatic heterocycles. The molecule has 5 rings (SSSR count). The zero-order valence-corrected chi connectivity index (χ0v) is 31.3. The molecule has 4 aromatic rings. The molecule has 3 aromatic carbocycles. The molecule has 53 heavy (non-hydrogen) atoms. The minimum atomic E-state index is -3.98. The standard InChI is InChI=1S/C38H45N5O9S/c1-7-50-32-19-25(8-12-30(32)51-21(2)3)34(42-26-9-11-28-24(18-26)14-16-40-36(28)39)37(45)43-17-15-31(52-38(46)47)35(43)29-20-27(41-23(6)44)10-13-33(29)53(48,49)22(4)5/h8-14,16,18-22,31,34-35,42H,7,15,17H2,1-6H3,(H2,39,40)(H,41,44)(H,46,47)/t31-,34?,35+/m0/s1. The Bertz CT molecular complexity index is 2120. The van der Waals surface area contributed by atoms with Gasteiger partial charge in [-0.15, -0.1) is 0 Å². The molecule has 3 atom stereocenters. The van der Waals surface area contributed by atoms with Gasteiger partial charge in [-0.25, -0.2) is 18.2 Å². The monoisotopic (exact) mass is 747 g/mol. The fourth-order valence-corrected chi connectivity index (χ4v) is 7.71. The van der Waals surface area contributed by atoms with Crippen molar-refractivity contribution in [2.45, 2.75) is 82.4 Å². The topological polar surface area (TPSA) is 199 Å². The number of nitrogen functional groups attached to an aromatic ring is 1. The molecule has 1 aliphatic rings. The quantitative estimate of drug-likeness (QED) is 0.111. The first-order valence-electron chi connectivity index (χ1n) is 17.3. The molecule has 2 amide bonds. The van der Waals surface area contributed by atoms with E-state index < -0.39 is 51.2 Å². The van der Waals surface area contributed by atoms with E-state index in [9.17, 15) is 23.1 Å². The van der Waals surface area contributed by atoms with Crippen LogP contribution in [0.25, 0.3) is 10.8 Å². The number of pyridine rings is 1. The van der Waals surface area contributed by atoms with Gasteiger partial charge in [-0.1, -0.05) is 6.07 Å². The zero-order chi connectivity index (χ0) is 38.6. The maximum atomic E-state index is 15.1. The second-order valence-corrected chi connectivity index (χ2v) is 15.7. The molecule has 0 saturated carbocycles. The smallest absolute Gasteiger partial charge is 0.490 e. The van der Waals surface area contributed by atoms with Gasteiger partial charge in [0.2, 0.25) is 11.8 Å². The van der Waals surface area contributed by atoms with Crippen molar-refractivity contribution >= 4 is 55.8 Å². The van der Waals surface area contributed by atoms with E-state index in [2.05, 4.69) is 15.6 Å². The van der Waals surface area contributed by atoms with E-state index in [4.69, 9.17) is 19.9 Å². The number of nitrogens with zero attached hydrogens (tertiary/aromatic N) is 2. The van der Waals surface area contributed by atoms with Crippen LogP contribution in [0, 0.1) is 0 Å². The number of sulfone groups is 1. The van der Waals surface area contributed by atoms with Crippen LogP contribution in [0.15, 0.2) is 71.8 Å². The largest absolute Gasteiger partial charge is 0.506 e. The van der Waals surface area contributed by atoms with E-state index >= 15 is 4.79 Å². The van der Waals surface area contributed by atoms with E-state index in [0.29, 0.717) is 35.2 Å². The summed E-state index contributed by atoms with van der Waals surface area (Å²) in [6.45, 7) is 10.3. The molecule has 1 saturated heterocycles. The molecule has 282 valence electrons. The van der Waals surface area contributed by atoms with Crippen LogP contribution >= 0.6 is 0 Å². The van der Waals surface area contributed by atoms with Crippen LogP contribution in [0.3, 0.4) is 0 Å². The van der Waals surface area contributed by atoms with Gasteiger partial charge in [-0.2, -0.15) is 0 Å². The zero-order valence-electron chi connectivity index (χ0n) is 30.5. The Hall–Kier alpha value is -5.57. The number of nitrogens with one attached hydrogen (secondary N) is 2. The second-order valence-electron chi connectivity index (χ2n) is 13.2. The van der Waals surface area contributed by atoms with Gasteiger partial charge in [0, 0.05) is 42.8 Å². The predicted octanol–water partition coefficient (Wildman–Crippen LogP) is 6.33. The van der Waals surface area contributed by atoms with Gasteiger partial charge in [0.15, 0.2) is 21.3 Å². The van der Waals surface area contributed by atoms with Crippen LogP contribution in [0.1, 0.15) is 71.2 Å². The number of ether oxygens (including phenoxy) is 3. The summed E-state index contributed by atoms with van der Waals surface area (Å²) in [4.78, 5) is 44.6. The lowest BCUT2D eigenvalue weighted by molar-refractivity contribution is -0.134. The Morgan fingerprint density at radius 2 is 1.74 bits per heavy atom. The van der Waals surface area contributed by atoms with E-state index in [1.165, 1.54) is 43.9 Å². The first-order chi connectivity index (χ1) is 25.1. The highest BCUT2D eigenvalue weighted by Crippen LogP contribution is 2.42. The minimum absolute atomic E-state index is 0.0257. The van der Waals surface area contributed by atoms with Crippen LogP contribution in [-0.4, -0.2) is 72.0 Å². The summed E-state index contributed by atoms with van der Waals surface area (Å²) in [6, 6.07) is 14.3. The number of fused-ring (bicyclic) bond motifs is 1. The SMILES string of the molecule is CCOc1cc(C(Nc2ccc3c(N)nccc3c2)C(=O)N2CC[C@H](OC(=O)O)[C@H]2c2cc(NC(C)=O)ccc2S(=O)(=O)C(C)C)ccc1OC(C)C. The molecule has 2 heterocycles. The first kappa shape index (κ1) is 38.7. The average Bonchev–Trinajstić information content (AvgIpc) is 3.50. The maximum Gasteiger partial charge on any atom is 0.506 e. The number of carboxylic acid groups (broad SMARTS) is 1. The molecular formula is C38H45N5O9S. The molecule has 15 heteroatoms. The molecule has 1 aromatic heterocycles. The third kappa shape index (κ3) is 8.57. The van der Waals surface area contributed by atoms with Crippen LogP contribution in [0.5, 0.6) is 11.5 Å². The first-order valence-corrected chi connectivity index (χ1v) is 18.8. The molecule has 1 unspecified atom stereocenters. The molecule has 14 nitrogen and oxygen atoms in total. The summed E-state index contributed by atoms with van der Waals surface area (Å²) in [5.74, 6) is 0.340. The summed E-state index contributed by atoms with van der Waals surface area (Å²) in [5, 5.41) is 16.4. The molecule has 0 aliphatic carbocycles. The normalized spacial score (nSPS) is 16.4. The van der Waals surface area contributed by atoms with Crippen molar-refractivity contribution in [1.82, 2.24) is 9.88 Å². The molecule has 0 spiro atoms. The van der Waals surface area contributed by atoms with Crippen LogP contribution in [-0.2, 0) is 24.2 Å². The molecule has 1 fully saturated rings.